The van der Waals surface area contributed by atoms with Crippen LogP contribution in [0.4, 0.5) is 10.1 Å². The maximum Gasteiger partial charge on any atom is 0.269 e. The normalized spacial score (nSPS) is 14.6. The monoisotopic (exact) mass is 514 g/mol. The first-order valence-corrected chi connectivity index (χ1v) is 13.0. The van der Waals surface area contributed by atoms with Crippen LogP contribution in [0, 0.1) is 15.9 Å². The van der Waals surface area contributed by atoms with Crippen LogP contribution in [0.25, 0.3) is 10.9 Å². The molecule has 7 nitrogen and oxygen atoms in total. The average Bonchev–Trinajstić information content (AvgIpc) is 3.57. The average molecular weight is 515 g/mol. The number of benzene rings is 3. The number of likely N-dealkylation sites (tertiary alicyclic amines) is 1. The first-order valence-electron chi connectivity index (χ1n) is 13.0. The molecular formula is C30H31FN4O3. The summed E-state index contributed by atoms with van der Waals surface area (Å²) in [7, 11) is 0. The number of para-hydroxylation sites is 1. The molecule has 5 rings (SSSR count). The minimum absolute atomic E-state index is 0.0151. The van der Waals surface area contributed by atoms with Gasteiger partial charge in [-0.05, 0) is 60.8 Å². The second-order valence-corrected chi connectivity index (χ2v) is 9.86. The summed E-state index contributed by atoms with van der Waals surface area (Å²) in [5.41, 5.74) is 3.81. The Morgan fingerprint density at radius 3 is 2.42 bits per heavy atom. The third kappa shape index (κ3) is 5.92. The molecule has 0 saturated carbocycles. The number of halogens is 1. The second-order valence-electron chi connectivity index (χ2n) is 9.86. The molecule has 2 heterocycles. The van der Waals surface area contributed by atoms with E-state index in [1.54, 1.807) is 24.3 Å². The number of hydrogen-bond acceptors (Lipinski definition) is 4. The maximum absolute atomic E-state index is 13.5. The minimum Gasteiger partial charge on any atom is -0.355 e. The van der Waals surface area contributed by atoms with Gasteiger partial charge in [-0.15, -0.1) is 0 Å². The van der Waals surface area contributed by atoms with Crippen molar-refractivity contribution in [3.05, 3.63) is 112 Å². The fraction of sp³-hybridized carbons (Fsp3) is 0.300. The first-order chi connectivity index (χ1) is 18.5. The standard InChI is InChI=1S/C30H31FN4O3/c31-24-11-7-22(8-12-24)20-34-21-28(26-5-1-2-6-29(26)34)27(23-9-13-25(14-10-23)35(37)38)19-30(36)32-15-18-33-16-3-4-17-33/h1-2,5-14,21,27H,3-4,15-20H2,(H,32,36)/t27-/m1/s1. The number of nitrogens with one attached hydrogen (secondary N) is 1. The zero-order valence-corrected chi connectivity index (χ0v) is 21.2. The van der Waals surface area contributed by atoms with Gasteiger partial charge in [0.25, 0.3) is 5.69 Å². The van der Waals surface area contributed by atoms with Crippen molar-refractivity contribution in [1.82, 2.24) is 14.8 Å². The summed E-state index contributed by atoms with van der Waals surface area (Å²) in [5.74, 6) is -0.620. The molecule has 0 radical (unpaired) electrons. The third-order valence-electron chi connectivity index (χ3n) is 7.31. The van der Waals surface area contributed by atoms with Crippen LogP contribution < -0.4 is 5.32 Å². The first kappa shape index (κ1) is 25.6. The number of fused-ring (bicyclic) bond motifs is 1. The van der Waals surface area contributed by atoms with E-state index in [4.69, 9.17) is 0 Å². The highest BCUT2D eigenvalue weighted by Gasteiger charge is 2.24. The lowest BCUT2D eigenvalue weighted by atomic mass is 9.88. The number of carbonyl (C=O) groups is 1. The van der Waals surface area contributed by atoms with E-state index in [0.717, 1.165) is 47.2 Å². The number of nitro groups is 1. The number of nitrogens with zero attached hydrogens (tertiary/aromatic N) is 3. The van der Waals surface area contributed by atoms with Gasteiger partial charge in [0.05, 0.1) is 4.92 Å². The third-order valence-corrected chi connectivity index (χ3v) is 7.31. The Bertz CT molecular complexity index is 1410. The Kier molecular flexibility index (Phi) is 7.79. The number of rotatable bonds is 10. The molecule has 1 saturated heterocycles. The van der Waals surface area contributed by atoms with Gasteiger partial charge >= 0.3 is 0 Å². The number of non-ortho nitro benzene ring substituents is 1. The number of carbonyl (C=O) groups excluding carboxylic acids is 1. The number of aromatic nitrogens is 1. The molecule has 3 aromatic carbocycles. The molecule has 0 spiro atoms. The number of hydrogen-bond donors (Lipinski definition) is 1. The van der Waals surface area contributed by atoms with Crippen molar-refractivity contribution in [2.24, 2.45) is 0 Å². The van der Waals surface area contributed by atoms with Crippen LogP contribution in [0.5, 0.6) is 0 Å². The van der Waals surface area contributed by atoms with Crippen LogP contribution in [0.15, 0.2) is 79.0 Å². The van der Waals surface area contributed by atoms with Crippen LogP contribution in [-0.2, 0) is 11.3 Å². The molecule has 0 aliphatic carbocycles. The highest BCUT2D eigenvalue weighted by Crippen LogP contribution is 2.35. The van der Waals surface area contributed by atoms with E-state index in [1.807, 2.05) is 24.3 Å². The second kappa shape index (κ2) is 11.6. The van der Waals surface area contributed by atoms with E-state index in [1.165, 1.54) is 37.1 Å². The molecule has 0 unspecified atom stereocenters. The molecular weight excluding hydrogens is 483 g/mol. The van der Waals surface area contributed by atoms with Crippen molar-refractivity contribution in [2.45, 2.75) is 31.7 Å². The van der Waals surface area contributed by atoms with Crippen LogP contribution in [-0.4, -0.2) is 46.5 Å². The van der Waals surface area contributed by atoms with Crippen molar-refractivity contribution in [2.75, 3.05) is 26.2 Å². The molecule has 1 amide bonds. The molecule has 1 aromatic heterocycles. The highest BCUT2D eigenvalue weighted by molar-refractivity contribution is 5.86. The largest absolute Gasteiger partial charge is 0.355 e. The summed E-state index contributed by atoms with van der Waals surface area (Å²) in [5, 5.41) is 15.3. The van der Waals surface area contributed by atoms with E-state index in [0.29, 0.717) is 13.1 Å². The minimum atomic E-state index is -0.418. The molecule has 4 aromatic rings. The van der Waals surface area contributed by atoms with Crippen molar-refractivity contribution in [3.63, 3.8) is 0 Å². The van der Waals surface area contributed by atoms with Crippen molar-refractivity contribution in [3.8, 4) is 0 Å². The predicted molar refractivity (Wildman–Crippen MR) is 146 cm³/mol. The van der Waals surface area contributed by atoms with Crippen LogP contribution in [0.3, 0.4) is 0 Å². The topological polar surface area (TPSA) is 80.4 Å². The summed E-state index contributed by atoms with van der Waals surface area (Å²) in [6.45, 7) is 4.14. The Balaban J connectivity index is 1.45. The smallest absolute Gasteiger partial charge is 0.269 e. The van der Waals surface area contributed by atoms with Gasteiger partial charge in [-0.1, -0.05) is 42.5 Å². The van der Waals surface area contributed by atoms with Crippen molar-refractivity contribution in [1.29, 1.82) is 0 Å². The van der Waals surface area contributed by atoms with Gasteiger partial charge in [0.1, 0.15) is 5.82 Å². The molecule has 196 valence electrons. The predicted octanol–water partition coefficient (Wildman–Crippen LogP) is 5.47. The van der Waals surface area contributed by atoms with Gasteiger partial charge in [-0.25, -0.2) is 4.39 Å². The zero-order chi connectivity index (χ0) is 26.5. The Labute approximate surface area is 221 Å². The lowest BCUT2D eigenvalue weighted by Gasteiger charge is -2.19. The fourth-order valence-corrected chi connectivity index (χ4v) is 5.32. The molecule has 1 aliphatic heterocycles. The fourth-order valence-electron chi connectivity index (χ4n) is 5.32. The molecule has 1 N–H and O–H groups in total. The number of amides is 1. The van der Waals surface area contributed by atoms with E-state index < -0.39 is 4.92 Å². The number of nitro benzene ring substituents is 1. The molecule has 38 heavy (non-hydrogen) atoms. The zero-order valence-electron chi connectivity index (χ0n) is 21.2. The van der Waals surface area contributed by atoms with E-state index in [-0.39, 0.29) is 29.8 Å². The lowest BCUT2D eigenvalue weighted by Crippen LogP contribution is -2.34. The van der Waals surface area contributed by atoms with Gasteiger partial charge in [0.2, 0.25) is 5.91 Å². The van der Waals surface area contributed by atoms with Crippen LogP contribution in [0.2, 0.25) is 0 Å². The van der Waals surface area contributed by atoms with Gasteiger partial charge in [0.15, 0.2) is 0 Å². The van der Waals surface area contributed by atoms with E-state index in [9.17, 15) is 19.3 Å². The molecule has 8 heteroatoms. The lowest BCUT2D eigenvalue weighted by molar-refractivity contribution is -0.384. The Morgan fingerprint density at radius 1 is 1.00 bits per heavy atom. The van der Waals surface area contributed by atoms with Crippen LogP contribution >= 0.6 is 0 Å². The van der Waals surface area contributed by atoms with Crippen molar-refractivity contribution < 1.29 is 14.1 Å². The van der Waals surface area contributed by atoms with Crippen LogP contribution in [0.1, 0.15) is 41.9 Å². The van der Waals surface area contributed by atoms with Gasteiger partial charge < -0.3 is 14.8 Å². The summed E-state index contributed by atoms with van der Waals surface area (Å²) in [6.07, 6.45) is 4.69. The molecule has 1 atom stereocenters. The summed E-state index contributed by atoms with van der Waals surface area (Å²) in [4.78, 5) is 26.3. The van der Waals surface area contributed by atoms with Gasteiger partial charge in [-0.3, -0.25) is 14.9 Å². The van der Waals surface area contributed by atoms with E-state index in [2.05, 4.69) is 21.0 Å². The summed E-state index contributed by atoms with van der Waals surface area (Å²) in [6, 6.07) is 20.9. The quantitative estimate of drug-likeness (QED) is 0.225. The highest BCUT2D eigenvalue weighted by atomic mass is 19.1. The SMILES string of the molecule is O=C(C[C@H](c1ccc([N+](=O)[O-])cc1)c1cn(Cc2ccc(F)cc2)c2ccccc12)NCCN1CCCC1. The summed E-state index contributed by atoms with van der Waals surface area (Å²) < 4.78 is 15.6. The summed E-state index contributed by atoms with van der Waals surface area (Å²) >= 11 is 0. The molecule has 1 fully saturated rings. The molecule has 0 bridgehead atoms. The maximum atomic E-state index is 13.5. The Morgan fingerprint density at radius 2 is 1.71 bits per heavy atom. The van der Waals surface area contributed by atoms with Gasteiger partial charge in [0, 0.05) is 61.2 Å². The Hall–Kier alpha value is -4.04. The van der Waals surface area contributed by atoms with Crippen molar-refractivity contribution >= 4 is 22.5 Å². The van der Waals surface area contributed by atoms with Gasteiger partial charge in [-0.2, -0.15) is 0 Å². The van der Waals surface area contributed by atoms with E-state index >= 15 is 0 Å². The molecule has 1 aliphatic rings.